The van der Waals surface area contributed by atoms with Crippen molar-refractivity contribution in [2.45, 2.75) is 104 Å². The molecule has 9 heterocycles. The summed E-state index contributed by atoms with van der Waals surface area (Å²) in [6.45, 7) is 4.54. The summed E-state index contributed by atoms with van der Waals surface area (Å²) in [5, 5.41) is 3.27. The minimum atomic E-state index is -0.00136. The van der Waals surface area contributed by atoms with Crippen LogP contribution in [0, 0.1) is 0 Å². The summed E-state index contributed by atoms with van der Waals surface area (Å²) in [7, 11) is 0. The van der Waals surface area contributed by atoms with E-state index in [0.29, 0.717) is 10.8 Å². The lowest BCUT2D eigenvalue weighted by molar-refractivity contribution is 0.609. The van der Waals surface area contributed by atoms with E-state index >= 15 is 0 Å². The van der Waals surface area contributed by atoms with E-state index in [4.69, 9.17) is 0 Å². The third-order valence-electron chi connectivity index (χ3n) is 11.5. The topological polar surface area (TPSA) is 43.0 Å². The van der Waals surface area contributed by atoms with Gasteiger partial charge in [-0.05, 0) is 86.3 Å². The predicted molar refractivity (Wildman–Crippen MR) is 245 cm³/mol. The zero-order valence-electron chi connectivity index (χ0n) is 31.4. The molecule has 4 nitrogen and oxygen atoms in total. The summed E-state index contributed by atoms with van der Waals surface area (Å²) in [5.41, 5.74) is 3.86. The molecule has 0 fully saturated rings. The number of unbranched alkanes of at least 4 members (excludes halogenated alkanes) is 10. The van der Waals surface area contributed by atoms with Gasteiger partial charge in [0.05, 0.1) is 40.9 Å². The Bertz CT molecular complexity index is 2880. The maximum atomic E-state index is 14.4. The molecule has 1 aromatic carbocycles. The Morgan fingerprint density at radius 2 is 0.873 bits per heavy atom. The smallest absolute Gasteiger partial charge is 0.263 e. The Labute approximate surface area is 340 Å². The maximum absolute atomic E-state index is 14.4. The first-order chi connectivity index (χ1) is 27.0. The standard InChI is InChI=1S/C46H44N2O2S5/c1-3-5-7-9-11-13-15-27-17-21-35(51-27)39-23-31-37(53-39)25-33-43-41-29(45(49)47(31)33)19-20-30-42(41)44(55-43)34-26-38-32(48(34)46(30)50)24-40(54-38)36-22-18-28(52-36)16-14-12-10-8-6-4-2/h17-26H,3-16H2,1-2H3. The molecule has 0 aliphatic rings. The van der Waals surface area contributed by atoms with Crippen LogP contribution in [0.15, 0.2) is 70.3 Å². The highest BCUT2D eigenvalue weighted by Gasteiger charge is 2.25. The van der Waals surface area contributed by atoms with Crippen molar-refractivity contribution in [3.8, 4) is 19.5 Å². The first-order valence-corrected chi connectivity index (χ1v) is 24.3. The van der Waals surface area contributed by atoms with Gasteiger partial charge in [0.2, 0.25) is 0 Å². The fraction of sp³-hybridized carbons (Fsp3) is 0.348. The minimum absolute atomic E-state index is 0.00136. The largest absolute Gasteiger partial charge is 0.274 e. The number of hydrogen-bond donors (Lipinski definition) is 0. The van der Waals surface area contributed by atoms with Crippen molar-refractivity contribution in [2.24, 2.45) is 0 Å². The molecule has 0 aliphatic heterocycles. The van der Waals surface area contributed by atoms with Gasteiger partial charge in [0.25, 0.3) is 11.1 Å². The van der Waals surface area contributed by atoms with Crippen molar-refractivity contribution in [2.75, 3.05) is 0 Å². The van der Waals surface area contributed by atoms with Crippen LogP contribution >= 0.6 is 56.7 Å². The van der Waals surface area contributed by atoms with Gasteiger partial charge in [-0.25, -0.2) is 0 Å². The number of nitrogens with zero attached hydrogens (tertiary/aromatic N) is 2. The van der Waals surface area contributed by atoms with Crippen LogP contribution < -0.4 is 11.1 Å². The Balaban J connectivity index is 0.996. The van der Waals surface area contributed by atoms with E-state index in [9.17, 15) is 9.59 Å². The lowest BCUT2D eigenvalue weighted by Crippen LogP contribution is -2.14. The van der Waals surface area contributed by atoms with Gasteiger partial charge < -0.3 is 0 Å². The molecule has 55 heavy (non-hydrogen) atoms. The monoisotopic (exact) mass is 816 g/mol. The summed E-state index contributed by atoms with van der Waals surface area (Å²) in [4.78, 5) is 36.6. The fourth-order valence-electron chi connectivity index (χ4n) is 8.68. The molecule has 0 unspecified atom stereocenters. The van der Waals surface area contributed by atoms with E-state index in [1.165, 1.54) is 106 Å². The molecule has 0 saturated heterocycles. The van der Waals surface area contributed by atoms with E-state index < -0.39 is 0 Å². The predicted octanol–water partition coefficient (Wildman–Crippen LogP) is 15.0. The van der Waals surface area contributed by atoms with E-state index in [2.05, 4.69) is 62.4 Å². The first kappa shape index (κ1) is 35.8. The highest BCUT2D eigenvalue weighted by atomic mass is 32.1. The summed E-state index contributed by atoms with van der Waals surface area (Å²) < 4.78 is 8.31. The molecule has 0 N–H and O–H groups in total. The van der Waals surface area contributed by atoms with Crippen molar-refractivity contribution < 1.29 is 0 Å². The van der Waals surface area contributed by atoms with Crippen LogP contribution in [0.3, 0.4) is 0 Å². The number of rotatable bonds is 16. The molecule has 10 aromatic rings. The highest BCUT2D eigenvalue weighted by Crippen LogP contribution is 2.47. The van der Waals surface area contributed by atoms with E-state index in [1.54, 1.807) is 34.0 Å². The lowest BCUT2D eigenvalue weighted by atomic mass is 10.0. The zero-order valence-corrected chi connectivity index (χ0v) is 35.5. The molecular formula is C46H44N2O2S5. The Morgan fingerprint density at radius 3 is 1.33 bits per heavy atom. The van der Waals surface area contributed by atoms with Crippen LogP contribution in [0.2, 0.25) is 0 Å². The van der Waals surface area contributed by atoms with Gasteiger partial charge in [-0.3, -0.25) is 18.4 Å². The van der Waals surface area contributed by atoms with Gasteiger partial charge in [-0.15, -0.1) is 56.7 Å². The first-order valence-electron chi connectivity index (χ1n) is 20.2. The molecule has 280 valence electrons. The van der Waals surface area contributed by atoms with Crippen molar-refractivity contribution in [3.63, 3.8) is 0 Å². The second-order valence-electron chi connectivity index (χ2n) is 15.3. The number of hydrogen-bond acceptors (Lipinski definition) is 7. The summed E-state index contributed by atoms with van der Waals surface area (Å²) in [5.74, 6) is 0. The van der Waals surface area contributed by atoms with Crippen LogP contribution in [-0.4, -0.2) is 8.80 Å². The van der Waals surface area contributed by atoms with E-state index in [0.717, 1.165) is 64.5 Å². The van der Waals surface area contributed by atoms with Gasteiger partial charge >= 0.3 is 0 Å². The summed E-state index contributed by atoms with van der Waals surface area (Å²) >= 11 is 9.09. The van der Waals surface area contributed by atoms with Crippen molar-refractivity contribution >= 4 is 119 Å². The molecule has 0 spiro atoms. The van der Waals surface area contributed by atoms with Crippen LogP contribution in [0.1, 0.15) is 101 Å². The molecule has 9 aromatic heterocycles. The number of pyridine rings is 2. The average molecular weight is 817 g/mol. The molecule has 0 bridgehead atoms. The second kappa shape index (κ2) is 14.7. The molecule has 9 heteroatoms. The van der Waals surface area contributed by atoms with Crippen LogP contribution in [0.25, 0.3) is 81.9 Å². The van der Waals surface area contributed by atoms with Crippen LogP contribution in [0.4, 0.5) is 0 Å². The Hall–Kier alpha value is -3.60. The molecular weight excluding hydrogens is 773 g/mol. The van der Waals surface area contributed by atoms with Gasteiger partial charge in [-0.2, -0.15) is 0 Å². The molecule has 0 atom stereocenters. The molecule has 10 rings (SSSR count). The number of thiophene rings is 5. The normalized spacial score (nSPS) is 12.6. The summed E-state index contributed by atoms with van der Waals surface area (Å²) in [6, 6.07) is 21.8. The van der Waals surface area contributed by atoms with Crippen LogP contribution in [-0.2, 0) is 12.8 Å². The van der Waals surface area contributed by atoms with Gasteiger partial charge in [-0.1, -0.05) is 78.1 Å². The number of aromatic nitrogens is 2. The quantitative estimate of drug-likeness (QED) is 0.0720. The second-order valence-corrected chi connectivity index (χ2v) is 20.8. The van der Waals surface area contributed by atoms with Crippen molar-refractivity contribution in [3.05, 3.63) is 91.1 Å². The minimum Gasteiger partial charge on any atom is -0.274 e. The Morgan fingerprint density at radius 1 is 0.436 bits per heavy atom. The van der Waals surface area contributed by atoms with Crippen molar-refractivity contribution in [1.82, 2.24) is 8.80 Å². The molecule has 0 radical (unpaired) electrons. The molecule has 0 aliphatic carbocycles. The third kappa shape index (κ3) is 6.08. The SMILES string of the molecule is CCCCCCCCc1ccc(-c2cc3c(cc4c5sc6c7c(ccc(c(=O)n34)c57)c(=O)n3c4cc(-c5ccc(CCCCCCCC)s5)sc4cc63)s2)s1. The van der Waals surface area contributed by atoms with E-state index in [-0.39, 0.29) is 11.1 Å². The number of aryl methyl sites for hydroxylation is 2. The zero-order chi connectivity index (χ0) is 37.2. The van der Waals surface area contributed by atoms with Crippen LogP contribution in [0.5, 0.6) is 0 Å². The third-order valence-corrected chi connectivity index (χ3v) is 17.6. The summed E-state index contributed by atoms with van der Waals surface area (Å²) in [6.07, 6.45) is 18.0. The fourth-order valence-corrected chi connectivity index (χ4v) is 14.4. The average Bonchev–Trinajstić information content (AvgIpc) is 4.03. The van der Waals surface area contributed by atoms with Gasteiger partial charge in [0.1, 0.15) is 0 Å². The maximum Gasteiger partial charge on any atom is 0.263 e. The highest BCUT2D eigenvalue weighted by molar-refractivity contribution is 7.28. The molecule has 0 saturated carbocycles. The molecule has 0 amide bonds. The van der Waals surface area contributed by atoms with Gasteiger partial charge in [0, 0.05) is 50.8 Å². The lowest BCUT2D eigenvalue weighted by Gasteiger charge is -2.05. The van der Waals surface area contributed by atoms with Crippen molar-refractivity contribution in [1.29, 1.82) is 0 Å². The number of fused-ring (bicyclic) bond motifs is 8. The van der Waals surface area contributed by atoms with E-state index in [1.807, 2.05) is 43.6 Å². The Kier molecular flexibility index (Phi) is 9.58. The number of benzene rings is 1. The van der Waals surface area contributed by atoms with Gasteiger partial charge in [0.15, 0.2) is 0 Å².